The molecule has 6 unspecified atom stereocenters. The Morgan fingerprint density at radius 3 is 1.18 bits per heavy atom. The number of phenolic OH excluding ortho intramolecular Hbond substituents is 3. The van der Waals surface area contributed by atoms with Crippen LogP contribution in [0.4, 0.5) is 17.1 Å². The molecule has 9 rings (SSSR count). The summed E-state index contributed by atoms with van der Waals surface area (Å²) < 4.78 is 50.3. The zero-order valence-corrected chi connectivity index (χ0v) is 43.7. The number of hydrogen-bond acceptors (Lipinski definition) is 25. The molecule has 0 aliphatic carbocycles. The third-order valence-corrected chi connectivity index (χ3v) is 15.8. The molecule has 6 aliphatic rings. The van der Waals surface area contributed by atoms with Crippen molar-refractivity contribution in [2.45, 2.75) is 150 Å². The Labute approximate surface area is 456 Å². The maximum absolute atomic E-state index is 13.8. The topological polar surface area (TPSA) is 375 Å². The van der Waals surface area contributed by atoms with E-state index in [9.17, 15) is 55.2 Å². The van der Waals surface area contributed by atoms with Crippen molar-refractivity contribution in [2.75, 3.05) is 76.3 Å². The van der Waals surface area contributed by atoms with Gasteiger partial charge in [-0.2, -0.15) is 0 Å². The summed E-state index contributed by atoms with van der Waals surface area (Å²) in [6, 6.07) is 8.21. The highest BCUT2D eigenvalue weighted by atomic mass is 16.7. The van der Waals surface area contributed by atoms with Gasteiger partial charge < -0.3 is 95.9 Å². The molecule has 3 aromatic rings. The Morgan fingerprint density at radius 1 is 0.443 bits per heavy atom. The van der Waals surface area contributed by atoms with Crippen molar-refractivity contribution in [3.8, 4) is 17.2 Å². The number of nitrogens with zero attached hydrogens (tertiary/aromatic N) is 3. The number of piperidine rings is 3. The Morgan fingerprint density at radius 2 is 0.772 bits per heavy atom. The molecule has 6 saturated heterocycles. The standard InChI is InChI=1S/C54H74N6O19/c55-28-10-13-34(61)31(22-28)49(68)72-25-37-43(64)44(65)41(59-18-6-2-7-19-59)53(76-37)79-48-39(27-74-51(70)33-24-30(57)12-15-36(33)63)77-54(42(46(48)67)60-20-8-3-9-21-60)78-47-38(26-73-50(69)32-23-29(56)11-14-35(32)62)75-52(71)40(45(47)66)58-16-4-1-5-17-58/h10-15,22-24,37-48,52-54,61-67,71H,1-9,16-21,25-27,55-57H2/t37?,38?,39?,40?,41?,42?,43-,44+,45+,46+,47+,48+,52-,53+,54+/m1/s1. The first-order valence-electron chi connectivity index (χ1n) is 27.1. The van der Waals surface area contributed by atoms with Crippen LogP contribution in [0, 0.1) is 0 Å². The van der Waals surface area contributed by atoms with Crippen LogP contribution in [-0.4, -0.2) is 224 Å². The number of aliphatic hydroxyl groups is 5. The summed E-state index contributed by atoms with van der Waals surface area (Å²) in [6.45, 7) is 0.828. The van der Waals surface area contributed by atoms with Gasteiger partial charge in [0.05, 0.1) is 18.1 Å². The molecular weight excluding hydrogens is 1040 g/mol. The fourth-order valence-corrected chi connectivity index (χ4v) is 11.7. The van der Waals surface area contributed by atoms with Gasteiger partial charge in [-0.3, -0.25) is 14.7 Å². The number of aromatic hydroxyl groups is 3. The highest BCUT2D eigenvalue weighted by Crippen LogP contribution is 2.38. The Kier molecular flexibility index (Phi) is 19.0. The summed E-state index contributed by atoms with van der Waals surface area (Å²) in [5.74, 6) is -4.30. The Balaban J connectivity index is 1.06. The first kappa shape index (κ1) is 58.0. The molecule has 6 aliphatic heterocycles. The van der Waals surface area contributed by atoms with Crippen LogP contribution in [0.1, 0.15) is 88.9 Å². The summed E-state index contributed by atoms with van der Waals surface area (Å²) in [6.07, 6.45) is -11.4. The molecule has 79 heavy (non-hydrogen) atoms. The van der Waals surface area contributed by atoms with Crippen LogP contribution in [-0.2, 0) is 37.9 Å². The van der Waals surface area contributed by atoms with Crippen LogP contribution in [0.3, 0.4) is 0 Å². The van der Waals surface area contributed by atoms with E-state index in [1.807, 2.05) is 14.7 Å². The maximum atomic E-state index is 13.8. The predicted octanol–water partition coefficient (Wildman–Crippen LogP) is 0.365. The Bertz CT molecular complexity index is 2570. The fourth-order valence-electron chi connectivity index (χ4n) is 11.7. The van der Waals surface area contributed by atoms with Crippen LogP contribution in [0.25, 0.3) is 0 Å². The Hall–Kier alpha value is -5.65. The summed E-state index contributed by atoms with van der Waals surface area (Å²) in [7, 11) is 0. The maximum Gasteiger partial charge on any atom is 0.342 e. The van der Waals surface area contributed by atoms with Gasteiger partial charge in [-0.05, 0) is 132 Å². The number of phenols is 3. The number of ether oxygens (including phenoxy) is 8. The second-order valence-electron chi connectivity index (χ2n) is 21.2. The quantitative estimate of drug-likeness (QED) is 0.0399. The molecule has 0 aromatic heterocycles. The van der Waals surface area contributed by atoms with E-state index in [0.717, 1.165) is 44.9 Å². The van der Waals surface area contributed by atoms with Gasteiger partial charge in [-0.1, -0.05) is 19.3 Å². The molecule has 3 aromatic carbocycles. The first-order valence-corrected chi connectivity index (χ1v) is 27.1. The zero-order valence-electron chi connectivity index (χ0n) is 43.7. The van der Waals surface area contributed by atoms with Gasteiger partial charge in [0.15, 0.2) is 18.9 Å². The van der Waals surface area contributed by atoms with E-state index in [4.69, 9.17) is 55.1 Å². The fraction of sp³-hybridized carbons (Fsp3) is 0.611. The number of anilines is 3. The lowest BCUT2D eigenvalue weighted by Crippen LogP contribution is -2.71. The van der Waals surface area contributed by atoms with E-state index in [1.165, 1.54) is 54.6 Å². The van der Waals surface area contributed by atoms with Crippen LogP contribution >= 0.6 is 0 Å². The number of aliphatic hydroxyl groups excluding tert-OH is 5. The lowest BCUT2D eigenvalue weighted by Gasteiger charge is -2.54. The van der Waals surface area contributed by atoms with E-state index in [2.05, 4.69) is 0 Å². The van der Waals surface area contributed by atoms with Crippen molar-refractivity contribution >= 4 is 35.0 Å². The molecule has 14 N–H and O–H groups in total. The lowest BCUT2D eigenvalue weighted by molar-refractivity contribution is -0.366. The molecule has 0 bridgehead atoms. The van der Waals surface area contributed by atoms with Crippen molar-refractivity contribution in [1.82, 2.24) is 14.7 Å². The number of nitrogen functional groups attached to an aromatic ring is 3. The third-order valence-electron chi connectivity index (χ3n) is 15.8. The van der Waals surface area contributed by atoms with E-state index in [1.54, 1.807) is 0 Å². The number of rotatable bonds is 16. The smallest absolute Gasteiger partial charge is 0.342 e. The number of carbonyl (C=O) groups is 3. The molecule has 6 heterocycles. The summed E-state index contributed by atoms with van der Waals surface area (Å²) in [4.78, 5) is 46.3. The molecule has 15 atom stereocenters. The molecule has 0 radical (unpaired) electrons. The van der Waals surface area contributed by atoms with Crippen molar-refractivity contribution in [3.63, 3.8) is 0 Å². The second-order valence-corrected chi connectivity index (χ2v) is 21.2. The van der Waals surface area contributed by atoms with Gasteiger partial charge in [0, 0.05) is 17.1 Å². The van der Waals surface area contributed by atoms with E-state index >= 15 is 0 Å². The average molecular weight is 1110 g/mol. The van der Waals surface area contributed by atoms with Gasteiger partial charge in [0.2, 0.25) is 0 Å². The SMILES string of the molecule is Nc1ccc(O)c(C(=O)OCC2O[C@@H](O[C@H]3C(COC(=O)c4cc(N)ccc4O)O[C@@H](O[C@H]4C(COC(=O)c5cc(N)ccc5O)O[C@@H](O)C(N5CCCCC5)[C@@H]4O)C(N4CCCCC4)[C@@H]3O)C(N3CCCCC3)[C@H](O)[C@@H]2O)c1. The van der Waals surface area contributed by atoms with Crippen molar-refractivity contribution < 1.29 is 93.1 Å². The van der Waals surface area contributed by atoms with Crippen molar-refractivity contribution in [2.24, 2.45) is 0 Å². The number of benzene rings is 3. The number of likely N-dealkylation sites (tertiary alicyclic amines) is 3. The molecule has 0 saturated carbocycles. The highest BCUT2D eigenvalue weighted by Gasteiger charge is 2.57. The third kappa shape index (κ3) is 13.3. The number of hydrogen-bond donors (Lipinski definition) is 11. The normalized spacial score (nSPS) is 33.2. The second kappa shape index (κ2) is 25.9. The number of esters is 3. The van der Waals surface area contributed by atoms with Gasteiger partial charge in [-0.25, -0.2) is 14.4 Å². The minimum Gasteiger partial charge on any atom is -0.507 e. The van der Waals surface area contributed by atoms with E-state index in [-0.39, 0.29) is 33.8 Å². The summed E-state index contributed by atoms with van der Waals surface area (Å²) >= 11 is 0. The number of carbonyl (C=O) groups excluding carboxylic acids is 3. The first-order chi connectivity index (χ1) is 38.0. The van der Waals surface area contributed by atoms with Gasteiger partial charge in [-0.15, -0.1) is 0 Å². The van der Waals surface area contributed by atoms with Gasteiger partial charge >= 0.3 is 17.9 Å². The molecule has 6 fully saturated rings. The molecule has 434 valence electrons. The van der Waals surface area contributed by atoms with Crippen LogP contribution in [0.15, 0.2) is 54.6 Å². The minimum absolute atomic E-state index is 0.142. The minimum atomic E-state index is -1.65. The van der Waals surface area contributed by atoms with Crippen LogP contribution in [0.2, 0.25) is 0 Å². The van der Waals surface area contributed by atoms with Gasteiger partial charge in [0.25, 0.3) is 0 Å². The highest BCUT2D eigenvalue weighted by molar-refractivity contribution is 5.94. The monoisotopic (exact) mass is 1110 g/mol. The molecule has 0 amide bonds. The molecular formula is C54H74N6O19. The number of nitrogens with two attached hydrogens (primary N) is 3. The molecule has 0 spiro atoms. The largest absolute Gasteiger partial charge is 0.507 e. The van der Waals surface area contributed by atoms with Gasteiger partial charge in [0.1, 0.15) is 109 Å². The summed E-state index contributed by atoms with van der Waals surface area (Å²) in [5.41, 5.74) is 17.5. The predicted molar refractivity (Wildman–Crippen MR) is 278 cm³/mol. The zero-order chi connectivity index (χ0) is 56.1. The van der Waals surface area contributed by atoms with E-state index < -0.39 is 147 Å². The van der Waals surface area contributed by atoms with Crippen LogP contribution in [0.5, 0.6) is 17.2 Å². The lowest BCUT2D eigenvalue weighted by atomic mass is 9.91. The average Bonchev–Trinajstić information content (AvgIpc) is 3.61. The summed E-state index contributed by atoms with van der Waals surface area (Å²) in [5, 5.41) is 92.6. The van der Waals surface area contributed by atoms with Crippen molar-refractivity contribution in [3.05, 3.63) is 71.3 Å². The van der Waals surface area contributed by atoms with Crippen LogP contribution < -0.4 is 17.2 Å². The molecule has 25 nitrogen and oxygen atoms in total. The molecule has 25 heteroatoms. The van der Waals surface area contributed by atoms with E-state index in [0.29, 0.717) is 52.1 Å². The van der Waals surface area contributed by atoms with Crippen molar-refractivity contribution in [1.29, 1.82) is 0 Å².